The third-order valence-electron chi connectivity index (χ3n) is 5.66. The van der Waals surface area contributed by atoms with E-state index >= 15 is 0 Å². The van der Waals surface area contributed by atoms with Crippen LogP contribution < -0.4 is 11.1 Å². The van der Waals surface area contributed by atoms with Gasteiger partial charge in [0.25, 0.3) is 11.9 Å². The average molecular weight is 409 g/mol. The van der Waals surface area contributed by atoms with Crippen molar-refractivity contribution >= 4 is 17.6 Å². The van der Waals surface area contributed by atoms with Gasteiger partial charge in [0.1, 0.15) is 29.7 Å². The lowest BCUT2D eigenvalue weighted by Gasteiger charge is -2.42. The van der Waals surface area contributed by atoms with E-state index in [9.17, 15) is 9.18 Å². The zero-order valence-electron chi connectivity index (χ0n) is 16.5. The molecule has 0 spiro atoms. The van der Waals surface area contributed by atoms with Gasteiger partial charge in [0, 0.05) is 17.4 Å². The molecule has 0 radical (unpaired) electrons. The van der Waals surface area contributed by atoms with E-state index in [4.69, 9.17) is 20.5 Å². The van der Waals surface area contributed by atoms with E-state index in [-0.39, 0.29) is 30.5 Å². The summed E-state index contributed by atoms with van der Waals surface area (Å²) in [7, 11) is 0. The maximum atomic E-state index is 14.9. The lowest BCUT2D eigenvalue weighted by Crippen LogP contribution is -2.50. The van der Waals surface area contributed by atoms with Gasteiger partial charge < -0.3 is 20.5 Å². The van der Waals surface area contributed by atoms with Crippen molar-refractivity contribution in [2.24, 2.45) is 16.1 Å². The predicted octanol–water partition coefficient (Wildman–Crippen LogP) is 2.23. The number of carbonyl (C=O) groups is 1. The molecule has 1 fully saturated rings. The first-order valence-corrected chi connectivity index (χ1v) is 9.32. The zero-order valence-corrected chi connectivity index (χ0v) is 16.5. The number of aryl methyl sites for hydroxylation is 1. The highest BCUT2D eigenvalue weighted by molar-refractivity contribution is 6.03. The zero-order chi connectivity index (χ0) is 21.5. The first-order valence-electron chi connectivity index (χ1n) is 9.32. The van der Waals surface area contributed by atoms with Gasteiger partial charge in [0.2, 0.25) is 0 Å². The molecule has 3 N–H and O–H groups in total. The molecular weight excluding hydrogens is 389 g/mol. The van der Waals surface area contributed by atoms with Gasteiger partial charge in [-0.1, -0.05) is 6.92 Å². The minimum Gasteiger partial charge on any atom is -0.465 e. The molecule has 1 amide bonds. The Labute approximate surface area is 172 Å². The van der Waals surface area contributed by atoms with Gasteiger partial charge in [-0.25, -0.2) is 14.4 Å². The van der Waals surface area contributed by atoms with Crippen LogP contribution in [0.3, 0.4) is 0 Å². The molecule has 0 saturated carbocycles. The summed E-state index contributed by atoms with van der Waals surface area (Å²) < 4.78 is 26.0. The molecule has 0 bridgehead atoms. The van der Waals surface area contributed by atoms with Crippen LogP contribution >= 0.6 is 0 Å². The number of amidine groups is 1. The lowest BCUT2D eigenvalue weighted by atomic mass is 9.69. The number of nitrogens with two attached hydrogens (primary N) is 1. The van der Waals surface area contributed by atoms with Crippen molar-refractivity contribution in [1.82, 2.24) is 4.98 Å². The Hall–Kier alpha value is -3.51. The molecule has 0 aliphatic carbocycles. The maximum Gasteiger partial charge on any atom is 0.282 e. The second kappa shape index (κ2) is 7.07. The molecule has 8 nitrogen and oxygen atoms in total. The van der Waals surface area contributed by atoms with Crippen LogP contribution in [-0.4, -0.2) is 36.7 Å². The summed E-state index contributed by atoms with van der Waals surface area (Å²) in [6.45, 7) is 4.34. The summed E-state index contributed by atoms with van der Waals surface area (Å²) in [6.07, 6.45) is 1.33. The number of nitriles is 1. The Morgan fingerprint density at radius 1 is 1.33 bits per heavy atom. The van der Waals surface area contributed by atoms with Crippen molar-refractivity contribution in [3.8, 4) is 6.07 Å². The van der Waals surface area contributed by atoms with Crippen LogP contribution in [0, 0.1) is 29.5 Å². The molecule has 154 valence electrons. The average Bonchev–Trinajstić information content (AvgIpc) is 3.06. The van der Waals surface area contributed by atoms with Crippen molar-refractivity contribution in [2.45, 2.75) is 19.4 Å². The fraction of sp³-hybridized carbons (Fsp3) is 0.333. The molecular formula is C21H20FN5O3. The van der Waals surface area contributed by atoms with Crippen LogP contribution in [0.5, 0.6) is 0 Å². The van der Waals surface area contributed by atoms with Crippen molar-refractivity contribution in [3.63, 3.8) is 0 Å². The number of rotatable bonds is 3. The van der Waals surface area contributed by atoms with Gasteiger partial charge in [-0.2, -0.15) is 5.26 Å². The molecule has 2 atom stereocenters. The predicted molar refractivity (Wildman–Crippen MR) is 106 cm³/mol. The molecule has 2 aliphatic heterocycles. The number of anilines is 1. The number of aromatic nitrogens is 1. The Bertz CT molecular complexity index is 1110. The van der Waals surface area contributed by atoms with Crippen molar-refractivity contribution in [3.05, 3.63) is 58.7 Å². The molecule has 2 aromatic rings. The molecule has 4 rings (SSSR count). The van der Waals surface area contributed by atoms with E-state index in [1.165, 1.54) is 18.3 Å². The van der Waals surface area contributed by atoms with Crippen molar-refractivity contribution in [1.29, 1.82) is 5.26 Å². The highest BCUT2D eigenvalue weighted by atomic mass is 19.1. The number of halogens is 1. The highest BCUT2D eigenvalue weighted by Gasteiger charge is 2.58. The summed E-state index contributed by atoms with van der Waals surface area (Å²) in [6, 6.07) is 7.82. The Kier molecular flexibility index (Phi) is 4.67. The van der Waals surface area contributed by atoms with Crippen LogP contribution in [0.1, 0.15) is 34.1 Å². The number of benzene rings is 1. The summed E-state index contributed by atoms with van der Waals surface area (Å²) >= 11 is 0. The van der Waals surface area contributed by atoms with Gasteiger partial charge in [-0.15, -0.1) is 0 Å². The van der Waals surface area contributed by atoms with Crippen LogP contribution in [0.15, 0.2) is 35.5 Å². The highest BCUT2D eigenvalue weighted by Crippen LogP contribution is 2.51. The Morgan fingerprint density at radius 3 is 2.87 bits per heavy atom. The standard InChI is InChI=1S/C21H20FN5O3/c1-12-5-13(7-23)8-25-17(12)18(28)26-14-3-4-16(22)15(6-14)21-11-29-9-20(21,2)10-30-19(24)27-21/h3-6,8H,9-11H2,1-2H3,(H2,24,27)(H,26,28)/t20-,21+/m0/s1. The van der Waals surface area contributed by atoms with E-state index in [1.54, 1.807) is 19.1 Å². The number of hydrogen-bond acceptors (Lipinski definition) is 7. The van der Waals surface area contributed by atoms with Crippen LogP contribution in [-0.2, 0) is 15.0 Å². The number of fused-ring (bicyclic) bond motifs is 1. The Morgan fingerprint density at radius 2 is 2.13 bits per heavy atom. The smallest absolute Gasteiger partial charge is 0.282 e. The number of nitrogens with zero attached hydrogens (tertiary/aromatic N) is 3. The van der Waals surface area contributed by atoms with E-state index < -0.39 is 22.7 Å². The van der Waals surface area contributed by atoms with Gasteiger partial charge in [-0.05, 0) is 36.8 Å². The number of ether oxygens (including phenoxy) is 2. The monoisotopic (exact) mass is 409 g/mol. The topological polar surface area (TPSA) is 123 Å². The quantitative estimate of drug-likeness (QED) is 0.801. The largest absolute Gasteiger partial charge is 0.465 e. The van der Waals surface area contributed by atoms with Gasteiger partial charge in [0.05, 0.1) is 24.2 Å². The number of amides is 1. The number of nitrogens with one attached hydrogen (secondary N) is 1. The number of aliphatic imine (C=N–C) groups is 1. The van der Waals surface area contributed by atoms with E-state index in [0.717, 1.165) is 0 Å². The van der Waals surface area contributed by atoms with E-state index in [1.807, 2.05) is 13.0 Å². The summed E-state index contributed by atoms with van der Waals surface area (Å²) in [5.41, 5.74) is 5.91. The normalized spacial score (nSPS) is 24.9. The molecule has 1 aromatic carbocycles. The van der Waals surface area contributed by atoms with E-state index in [0.29, 0.717) is 23.4 Å². The second-order valence-corrected chi connectivity index (χ2v) is 7.80. The molecule has 1 saturated heterocycles. The fourth-order valence-corrected chi connectivity index (χ4v) is 3.95. The summed E-state index contributed by atoms with van der Waals surface area (Å²) in [4.78, 5) is 21.2. The fourth-order valence-electron chi connectivity index (χ4n) is 3.95. The third kappa shape index (κ3) is 3.06. The molecule has 2 aliphatic rings. The maximum absolute atomic E-state index is 14.9. The molecule has 9 heteroatoms. The molecule has 0 unspecified atom stereocenters. The first kappa shape index (κ1) is 19.8. The number of pyridine rings is 1. The van der Waals surface area contributed by atoms with Gasteiger partial charge in [0.15, 0.2) is 0 Å². The third-order valence-corrected chi connectivity index (χ3v) is 5.66. The minimum absolute atomic E-state index is 0.0239. The second-order valence-electron chi connectivity index (χ2n) is 7.80. The first-order chi connectivity index (χ1) is 14.3. The van der Waals surface area contributed by atoms with Crippen molar-refractivity contribution < 1.29 is 18.7 Å². The Balaban J connectivity index is 1.70. The van der Waals surface area contributed by atoms with Crippen LogP contribution in [0.25, 0.3) is 0 Å². The SMILES string of the molecule is Cc1cc(C#N)cnc1C(=O)Nc1ccc(F)c([C@]23COC[C@@]2(C)COC(N)=N3)c1. The lowest BCUT2D eigenvalue weighted by molar-refractivity contribution is 0.0665. The molecule has 1 aromatic heterocycles. The minimum atomic E-state index is -1.05. The molecule has 30 heavy (non-hydrogen) atoms. The van der Waals surface area contributed by atoms with Crippen molar-refractivity contribution in [2.75, 3.05) is 25.1 Å². The van der Waals surface area contributed by atoms with Crippen LogP contribution in [0.4, 0.5) is 10.1 Å². The van der Waals surface area contributed by atoms with Gasteiger partial charge in [-0.3, -0.25) is 4.79 Å². The number of carbonyl (C=O) groups excluding carboxylic acids is 1. The summed E-state index contributed by atoms with van der Waals surface area (Å²) in [5.74, 6) is -0.941. The number of hydrogen-bond donors (Lipinski definition) is 2. The summed E-state index contributed by atoms with van der Waals surface area (Å²) in [5, 5.41) is 11.7. The van der Waals surface area contributed by atoms with Crippen LogP contribution in [0.2, 0.25) is 0 Å². The van der Waals surface area contributed by atoms with Gasteiger partial charge >= 0.3 is 0 Å². The van der Waals surface area contributed by atoms with E-state index in [2.05, 4.69) is 15.3 Å². The molecule has 3 heterocycles.